The highest BCUT2D eigenvalue weighted by molar-refractivity contribution is 5.13. The molecule has 3 atom stereocenters. The van der Waals surface area contributed by atoms with Gasteiger partial charge in [-0.1, -0.05) is 25.4 Å². The third-order valence-corrected chi connectivity index (χ3v) is 4.54. The Balaban J connectivity index is 1.83. The molecule has 3 rings (SSSR count). The number of nitrogens with one attached hydrogen (secondary N) is 1. The van der Waals surface area contributed by atoms with Crippen LogP contribution in [-0.4, -0.2) is 23.2 Å². The van der Waals surface area contributed by atoms with Gasteiger partial charge in [-0.25, -0.2) is 0 Å². The van der Waals surface area contributed by atoms with Gasteiger partial charge in [-0.2, -0.15) is 4.98 Å². The van der Waals surface area contributed by atoms with E-state index in [1.54, 1.807) is 0 Å². The van der Waals surface area contributed by atoms with Crippen LogP contribution in [0, 0.1) is 5.92 Å². The Morgan fingerprint density at radius 1 is 1.50 bits per heavy atom. The zero-order valence-corrected chi connectivity index (χ0v) is 11.4. The van der Waals surface area contributed by atoms with E-state index in [2.05, 4.69) is 24.3 Å². The van der Waals surface area contributed by atoms with E-state index < -0.39 is 0 Å². The van der Waals surface area contributed by atoms with Gasteiger partial charge in [0.25, 0.3) is 0 Å². The Kier molecular flexibility index (Phi) is 3.14. The van der Waals surface area contributed by atoms with Crippen LogP contribution in [0.5, 0.6) is 0 Å². The fourth-order valence-corrected chi connectivity index (χ4v) is 3.23. The summed E-state index contributed by atoms with van der Waals surface area (Å²) in [5.74, 6) is 3.11. The van der Waals surface area contributed by atoms with Crippen LogP contribution in [0.15, 0.2) is 4.52 Å². The van der Waals surface area contributed by atoms with Crippen LogP contribution in [0.3, 0.4) is 0 Å². The molecule has 1 aliphatic carbocycles. The van der Waals surface area contributed by atoms with Crippen LogP contribution in [0.1, 0.15) is 63.6 Å². The fourth-order valence-electron chi connectivity index (χ4n) is 3.23. The molecule has 2 heterocycles. The zero-order valence-electron chi connectivity index (χ0n) is 11.4. The van der Waals surface area contributed by atoms with Crippen molar-refractivity contribution in [3.05, 3.63) is 11.7 Å². The van der Waals surface area contributed by atoms with Crippen molar-refractivity contribution in [2.24, 2.45) is 5.92 Å². The lowest BCUT2D eigenvalue weighted by Crippen LogP contribution is -2.43. The molecule has 1 aromatic rings. The lowest BCUT2D eigenvalue weighted by molar-refractivity contribution is 0.213. The minimum atomic E-state index is 0.0936. The van der Waals surface area contributed by atoms with Crippen LogP contribution < -0.4 is 5.32 Å². The number of hydrogen-bond acceptors (Lipinski definition) is 4. The van der Waals surface area contributed by atoms with Crippen molar-refractivity contribution in [1.82, 2.24) is 15.5 Å². The molecule has 4 heteroatoms. The lowest BCUT2D eigenvalue weighted by Gasteiger charge is -2.34. The smallest absolute Gasteiger partial charge is 0.234 e. The Morgan fingerprint density at radius 3 is 2.94 bits per heavy atom. The van der Waals surface area contributed by atoms with E-state index in [4.69, 9.17) is 9.51 Å². The van der Waals surface area contributed by atoms with Gasteiger partial charge in [0.15, 0.2) is 5.82 Å². The van der Waals surface area contributed by atoms with Crippen LogP contribution in [-0.2, 0) is 5.41 Å². The summed E-state index contributed by atoms with van der Waals surface area (Å²) in [6.45, 7) is 6.59. The largest absolute Gasteiger partial charge is 0.339 e. The molecule has 1 saturated carbocycles. The van der Waals surface area contributed by atoms with Crippen LogP contribution in [0.4, 0.5) is 0 Å². The van der Waals surface area contributed by atoms with Gasteiger partial charge in [0, 0.05) is 12.5 Å². The first-order valence-corrected chi connectivity index (χ1v) is 7.30. The van der Waals surface area contributed by atoms with E-state index in [-0.39, 0.29) is 5.41 Å². The maximum absolute atomic E-state index is 5.61. The maximum Gasteiger partial charge on any atom is 0.234 e. The molecule has 2 aliphatic rings. The second-order valence-corrected chi connectivity index (χ2v) is 6.09. The SMILES string of the molecule is CCCC1(c2nc(C3CC3C)no2)CCCNC1. The van der Waals surface area contributed by atoms with Gasteiger partial charge in [0.1, 0.15) is 0 Å². The van der Waals surface area contributed by atoms with Gasteiger partial charge in [-0.3, -0.25) is 0 Å². The minimum Gasteiger partial charge on any atom is -0.339 e. The van der Waals surface area contributed by atoms with Crippen molar-refractivity contribution in [1.29, 1.82) is 0 Å². The molecule has 0 amide bonds. The monoisotopic (exact) mass is 249 g/mol. The third-order valence-electron chi connectivity index (χ3n) is 4.54. The zero-order chi connectivity index (χ0) is 12.6. The summed E-state index contributed by atoms with van der Waals surface area (Å²) in [5.41, 5.74) is 0.0936. The summed E-state index contributed by atoms with van der Waals surface area (Å²) < 4.78 is 5.61. The molecular formula is C14H23N3O. The molecular weight excluding hydrogens is 226 g/mol. The van der Waals surface area contributed by atoms with E-state index in [0.717, 1.165) is 37.1 Å². The van der Waals surface area contributed by atoms with E-state index in [0.29, 0.717) is 5.92 Å². The van der Waals surface area contributed by atoms with Crippen molar-refractivity contribution < 1.29 is 4.52 Å². The quantitative estimate of drug-likeness (QED) is 0.891. The minimum absolute atomic E-state index is 0.0936. The summed E-state index contributed by atoms with van der Waals surface area (Å²) in [5, 5.41) is 7.71. The lowest BCUT2D eigenvalue weighted by atomic mass is 9.77. The molecule has 100 valence electrons. The van der Waals surface area contributed by atoms with Crippen molar-refractivity contribution >= 4 is 0 Å². The van der Waals surface area contributed by atoms with E-state index in [1.165, 1.54) is 25.7 Å². The highest BCUT2D eigenvalue weighted by Gasteiger charge is 2.42. The number of rotatable bonds is 4. The topological polar surface area (TPSA) is 51.0 Å². The van der Waals surface area contributed by atoms with E-state index in [1.807, 2.05) is 0 Å². The van der Waals surface area contributed by atoms with Crippen molar-refractivity contribution in [3.63, 3.8) is 0 Å². The molecule has 1 aromatic heterocycles. The van der Waals surface area contributed by atoms with E-state index in [9.17, 15) is 0 Å². The van der Waals surface area contributed by atoms with Crippen LogP contribution in [0.25, 0.3) is 0 Å². The summed E-state index contributed by atoms with van der Waals surface area (Å²) >= 11 is 0. The molecule has 1 N–H and O–H groups in total. The standard InChI is InChI=1S/C14H23N3O/c1-3-5-14(6-4-7-15-9-14)13-16-12(17-18-13)11-8-10(11)2/h10-11,15H,3-9H2,1-2H3. The Hall–Kier alpha value is -0.900. The van der Waals surface area contributed by atoms with Gasteiger partial charge in [-0.15, -0.1) is 0 Å². The van der Waals surface area contributed by atoms with Crippen LogP contribution >= 0.6 is 0 Å². The number of hydrogen-bond donors (Lipinski definition) is 1. The predicted molar refractivity (Wildman–Crippen MR) is 69.5 cm³/mol. The van der Waals surface area contributed by atoms with Gasteiger partial charge in [0.2, 0.25) is 5.89 Å². The van der Waals surface area contributed by atoms with E-state index >= 15 is 0 Å². The summed E-state index contributed by atoms with van der Waals surface area (Å²) in [4.78, 5) is 4.72. The first kappa shape index (κ1) is 12.2. The normalized spacial score (nSPS) is 35.7. The van der Waals surface area contributed by atoms with Crippen molar-refractivity contribution in [2.45, 2.75) is 57.3 Å². The molecule has 0 radical (unpaired) electrons. The first-order valence-electron chi connectivity index (χ1n) is 7.30. The predicted octanol–water partition coefficient (Wildman–Crippen LogP) is 2.61. The van der Waals surface area contributed by atoms with Gasteiger partial charge >= 0.3 is 0 Å². The molecule has 18 heavy (non-hydrogen) atoms. The van der Waals surface area contributed by atoms with Gasteiger partial charge in [-0.05, 0) is 38.1 Å². The molecule has 3 unspecified atom stereocenters. The Bertz CT molecular complexity index is 403. The molecule has 0 aromatic carbocycles. The van der Waals surface area contributed by atoms with Crippen LogP contribution in [0.2, 0.25) is 0 Å². The number of piperidine rings is 1. The summed E-state index contributed by atoms with van der Waals surface area (Å²) in [6, 6.07) is 0. The molecule has 4 nitrogen and oxygen atoms in total. The van der Waals surface area contributed by atoms with Gasteiger partial charge < -0.3 is 9.84 Å². The average Bonchev–Trinajstić information content (AvgIpc) is 2.93. The molecule has 2 fully saturated rings. The van der Waals surface area contributed by atoms with Crippen molar-refractivity contribution in [2.75, 3.05) is 13.1 Å². The second-order valence-electron chi connectivity index (χ2n) is 6.09. The third kappa shape index (κ3) is 2.07. The van der Waals surface area contributed by atoms with Crippen molar-refractivity contribution in [3.8, 4) is 0 Å². The Morgan fingerprint density at radius 2 is 2.33 bits per heavy atom. The first-order chi connectivity index (χ1) is 8.75. The Labute approximate surface area is 109 Å². The summed E-state index contributed by atoms with van der Waals surface area (Å²) in [6.07, 6.45) is 5.91. The maximum atomic E-state index is 5.61. The highest BCUT2D eigenvalue weighted by Crippen LogP contribution is 2.46. The number of aromatic nitrogens is 2. The molecule has 1 aliphatic heterocycles. The molecule has 0 spiro atoms. The fraction of sp³-hybridized carbons (Fsp3) is 0.857. The molecule has 1 saturated heterocycles. The second kappa shape index (κ2) is 4.65. The molecule has 0 bridgehead atoms. The highest BCUT2D eigenvalue weighted by atomic mass is 16.5. The average molecular weight is 249 g/mol. The summed E-state index contributed by atoms with van der Waals surface area (Å²) in [7, 11) is 0. The van der Waals surface area contributed by atoms with Gasteiger partial charge in [0.05, 0.1) is 5.41 Å². The number of nitrogens with zero attached hydrogens (tertiary/aromatic N) is 2.